The van der Waals surface area contributed by atoms with Crippen molar-refractivity contribution >= 4 is 24.0 Å². The van der Waals surface area contributed by atoms with Gasteiger partial charge in [0, 0.05) is 12.5 Å². The minimum Gasteiger partial charge on any atom is -0.475 e. The normalized spacial score (nSPS) is 12.4. The number of benzene rings is 1. The summed E-state index contributed by atoms with van der Waals surface area (Å²) >= 11 is 0. The quantitative estimate of drug-likeness (QED) is 0.277. The molecule has 0 radical (unpaired) electrons. The molecule has 1 amide bonds. The number of hydrogen-bond acceptors (Lipinski definition) is 8. The number of amides is 1. The van der Waals surface area contributed by atoms with E-state index in [1.54, 1.807) is 6.92 Å². The molecule has 142 valence electrons. The van der Waals surface area contributed by atoms with Crippen LogP contribution in [0.3, 0.4) is 0 Å². The first-order chi connectivity index (χ1) is 12.3. The van der Waals surface area contributed by atoms with Gasteiger partial charge in [0.1, 0.15) is 5.54 Å². The van der Waals surface area contributed by atoms with Gasteiger partial charge in [0.25, 0.3) is 0 Å². The lowest BCUT2D eigenvalue weighted by Crippen LogP contribution is -2.51. The Bertz CT molecular complexity index is 691. The van der Waals surface area contributed by atoms with Gasteiger partial charge in [-0.1, -0.05) is 6.07 Å². The number of hydrogen-bond donors (Lipinski definition) is 1. The molecule has 0 bridgehead atoms. The molecule has 1 atom stereocenters. The third-order valence-corrected chi connectivity index (χ3v) is 3.44. The van der Waals surface area contributed by atoms with Gasteiger partial charge in [0.05, 0.1) is 18.6 Å². The molecule has 10 heteroatoms. The Morgan fingerprint density at radius 2 is 2.08 bits per heavy atom. The summed E-state index contributed by atoms with van der Waals surface area (Å²) in [5.41, 5.74) is -1.26. The predicted molar refractivity (Wildman–Crippen MR) is 88.5 cm³/mol. The minimum atomic E-state index is -1.37. The first kappa shape index (κ1) is 20.9. The third kappa shape index (κ3) is 5.43. The van der Waals surface area contributed by atoms with Crippen molar-refractivity contribution in [2.24, 2.45) is 0 Å². The smallest absolute Gasteiger partial charge is 0.344 e. The van der Waals surface area contributed by atoms with E-state index in [0.717, 1.165) is 0 Å². The summed E-state index contributed by atoms with van der Waals surface area (Å²) in [6.07, 6.45) is 0.354. The molecule has 0 aliphatic heterocycles. The Kier molecular flexibility index (Phi) is 7.51. The number of carbonyl (C=O) groups excluding carboxylic acids is 3. The van der Waals surface area contributed by atoms with Crippen LogP contribution in [0.4, 0.5) is 5.69 Å². The van der Waals surface area contributed by atoms with Crippen molar-refractivity contribution in [2.45, 2.75) is 25.8 Å². The van der Waals surface area contributed by atoms with Crippen LogP contribution in [0.1, 0.15) is 19.4 Å². The van der Waals surface area contributed by atoms with E-state index in [9.17, 15) is 24.5 Å². The van der Waals surface area contributed by atoms with Crippen LogP contribution in [0.2, 0.25) is 0 Å². The summed E-state index contributed by atoms with van der Waals surface area (Å²) in [5, 5.41) is 13.5. The van der Waals surface area contributed by atoms with Crippen molar-refractivity contribution in [3.8, 4) is 5.75 Å². The van der Waals surface area contributed by atoms with E-state index >= 15 is 0 Å². The van der Waals surface area contributed by atoms with Gasteiger partial charge in [0.2, 0.25) is 6.41 Å². The molecule has 1 N–H and O–H groups in total. The van der Waals surface area contributed by atoms with Crippen molar-refractivity contribution in [1.29, 1.82) is 0 Å². The maximum Gasteiger partial charge on any atom is 0.344 e. The van der Waals surface area contributed by atoms with Crippen molar-refractivity contribution in [1.82, 2.24) is 5.32 Å². The molecular weight excluding hydrogens is 348 g/mol. The predicted octanol–water partition coefficient (Wildman–Crippen LogP) is 0.757. The lowest BCUT2D eigenvalue weighted by atomic mass is 9.92. The highest BCUT2D eigenvalue weighted by atomic mass is 16.6. The number of rotatable bonds is 10. The molecule has 26 heavy (non-hydrogen) atoms. The number of ether oxygens (including phenoxy) is 3. The number of nitrogens with one attached hydrogen (secondary N) is 1. The molecule has 0 heterocycles. The van der Waals surface area contributed by atoms with Gasteiger partial charge in [-0.05, 0) is 25.5 Å². The number of nitro groups is 1. The van der Waals surface area contributed by atoms with Crippen LogP contribution >= 0.6 is 0 Å². The zero-order valence-corrected chi connectivity index (χ0v) is 14.6. The average Bonchev–Trinajstić information content (AvgIpc) is 2.59. The Morgan fingerprint density at radius 1 is 1.38 bits per heavy atom. The molecule has 1 aromatic rings. The summed E-state index contributed by atoms with van der Waals surface area (Å²) in [7, 11) is 1.18. The Labute approximate surface area is 149 Å². The molecule has 0 unspecified atom stereocenters. The van der Waals surface area contributed by atoms with Crippen molar-refractivity contribution < 1.29 is 33.5 Å². The second-order valence-corrected chi connectivity index (χ2v) is 5.42. The molecule has 0 fully saturated rings. The molecule has 0 spiro atoms. The van der Waals surface area contributed by atoms with Gasteiger partial charge in [0.15, 0.2) is 12.4 Å². The SMILES string of the molecule is CCOC(=O)COc1cc(C[C@](C)(NC=O)C(=O)OC)ccc1[N+](=O)[O-]. The topological polar surface area (TPSA) is 134 Å². The zero-order valence-electron chi connectivity index (χ0n) is 14.6. The number of carbonyl (C=O) groups is 3. The van der Waals surface area contributed by atoms with E-state index in [1.165, 1.54) is 32.2 Å². The van der Waals surface area contributed by atoms with E-state index in [1.807, 2.05) is 0 Å². The largest absolute Gasteiger partial charge is 0.475 e. The Morgan fingerprint density at radius 3 is 2.62 bits per heavy atom. The first-order valence-corrected chi connectivity index (χ1v) is 7.63. The fourth-order valence-corrected chi connectivity index (χ4v) is 2.22. The summed E-state index contributed by atoms with van der Waals surface area (Å²) in [4.78, 5) is 44.6. The highest BCUT2D eigenvalue weighted by Crippen LogP contribution is 2.29. The summed E-state index contributed by atoms with van der Waals surface area (Å²) in [6, 6.07) is 3.93. The van der Waals surface area contributed by atoms with E-state index in [4.69, 9.17) is 9.47 Å². The Hall–Kier alpha value is -3.17. The van der Waals surface area contributed by atoms with E-state index in [-0.39, 0.29) is 24.5 Å². The van der Waals surface area contributed by atoms with E-state index < -0.39 is 29.0 Å². The van der Waals surface area contributed by atoms with Crippen LogP contribution in [0.15, 0.2) is 18.2 Å². The summed E-state index contributed by atoms with van der Waals surface area (Å²) in [5.74, 6) is -1.51. The zero-order chi connectivity index (χ0) is 19.7. The first-order valence-electron chi connectivity index (χ1n) is 7.63. The Balaban J connectivity index is 3.11. The molecule has 10 nitrogen and oxygen atoms in total. The summed E-state index contributed by atoms with van der Waals surface area (Å²) in [6.45, 7) is 2.72. The lowest BCUT2D eigenvalue weighted by molar-refractivity contribution is -0.385. The van der Waals surface area contributed by atoms with Gasteiger partial charge < -0.3 is 19.5 Å². The van der Waals surface area contributed by atoms with Crippen molar-refractivity contribution in [2.75, 3.05) is 20.3 Å². The van der Waals surface area contributed by atoms with Gasteiger partial charge >= 0.3 is 17.6 Å². The van der Waals surface area contributed by atoms with E-state index in [2.05, 4.69) is 10.1 Å². The molecule has 0 aromatic heterocycles. The fourth-order valence-electron chi connectivity index (χ4n) is 2.22. The standard InChI is InChI=1S/C16H20N2O8/c1-4-25-14(20)9-26-13-7-11(5-6-12(13)18(22)23)8-16(2,17-10-19)15(21)24-3/h5-7,10H,4,8-9H2,1-3H3,(H,17,19)/t16-/m0/s1. The highest BCUT2D eigenvalue weighted by molar-refractivity contribution is 5.83. The van der Waals surface area contributed by atoms with Crippen LogP contribution in [-0.4, -0.2) is 49.1 Å². The highest BCUT2D eigenvalue weighted by Gasteiger charge is 2.34. The maximum atomic E-state index is 11.9. The van der Waals surface area contributed by atoms with E-state index in [0.29, 0.717) is 12.0 Å². The number of methoxy groups -OCH3 is 1. The van der Waals surface area contributed by atoms with Crippen LogP contribution in [0, 0.1) is 10.1 Å². The molecule has 0 saturated carbocycles. The summed E-state index contributed by atoms with van der Waals surface area (Å²) < 4.78 is 14.6. The van der Waals surface area contributed by atoms with Crippen LogP contribution < -0.4 is 10.1 Å². The monoisotopic (exact) mass is 368 g/mol. The number of nitro benzene ring substituents is 1. The fraction of sp³-hybridized carbons (Fsp3) is 0.438. The number of nitrogens with zero attached hydrogens (tertiary/aromatic N) is 1. The van der Waals surface area contributed by atoms with Gasteiger partial charge in [-0.3, -0.25) is 14.9 Å². The lowest BCUT2D eigenvalue weighted by Gasteiger charge is -2.26. The second-order valence-electron chi connectivity index (χ2n) is 5.42. The van der Waals surface area contributed by atoms with Crippen LogP contribution in [0.5, 0.6) is 5.75 Å². The molecule has 0 aliphatic carbocycles. The van der Waals surface area contributed by atoms with Gasteiger partial charge in [-0.2, -0.15) is 0 Å². The van der Waals surface area contributed by atoms with Crippen LogP contribution in [0.25, 0.3) is 0 Å². The van der Waals surface area contributed by atoms with Crippen molar-refractivity contribution in [3.63, 3.8) is 0 Å². The molecule has 1 rings (SSSR count). The average molecular weight is 368 g/mol. The molecule has 0 saturated heterocycles. The van der Waals surface area contributed by atoms with Gasteiger partial charge in [-0.25, -0.2) is 9.59 Å². The molecular formula is C16H20N2O8. The second kappa shape index (κ2) is 9.35. The van der Waals surface area contributed by atoms with Crippen molar-refractivity contribution in [3.05, 3.63) is 33.9 Å². The molecule has 0 aliphatic rings. The van der Waals surface area contributed by atoms with Crippen LogP contribution in [-0.2, 0) is 30.3 Å². The number of esters is 2. The maximum absolute atomic E-state index is 11.9. The van der Waals surface area contributed by atoms with Gasteiger partial charge in [-0.15, -0.1) is 0 Å². The molecule has 1 aromatic carbocycles. The third-order valence-electron chi connectivity index (χ3n) is 3.44. The minimum absolute atomic E-state index is 0.00776.